The second-order valence-corrected chi connectivity index (χ2v) is 8.88. The largest absolute Gasteiger partial charge is 0.507 e. The van der Waals surface area contributed by atoms with Gasteiger partial charge in [0.25, 0.3) is 0 Å². The number of hydrogen-bond donors (Lipinski definition) is 3. The maximum absolute atomic E-state index is 10.3. The van der Waals surface area contributed by atoms with Crippen LogP contribution in [0.4, 0.5) is 5.82 Å². The first-order valence-electron chi connectivity index (χ1n) is 11.4. The van der Waals surface area contributed by atoms with Crippen LogP contribution < -0.4 is 16.1 Å². The number of para-hydroxylation sites is 1. The highest BCUT2D eigenvalue weighted by atomic mass is 16.3. The fourth-order valence-corrected chi connectivity index (χ4v) is 4.04. The normalized spacial score (nSPS) is 13.2. The molecule has 0 radical (unpaired) electrons. The van der Waals surface area contributed by atoms with Crippen LogP contribution in [0.1, 0.15) is 30.4 Å². The summed E-state index contributed by atoms with van der Waals surface area (Å²) < 4.78 is 1.81. The molecule has 5 rings (SSSR count). The topological polar surface area (TPSA) is 74.5 Å². The van der Waals surface area contributed by atoms with Gasteiger partial charge in [0.2, 0.25) is 0 Å². The third kappa shape index (κ3) is 4.87. The number of rotatable bonds is 9. The van der Waals surface area contributed by atoms with Crippen molar-refractivity contribution < 1.29 is 5.11 Å². The quantitative estimate of drug-likeness (QED) is 0.350. The molecule has 2 aromatic carbocycles. The Labute approximate surface area is 194 Å². The number of nitrogens with zero attached hydrogens (tertiary/aromatic N) is 3. The van der Waals surface area contributed by atoms with Crippen LogP contribution in [-0.2, 0) is 13.1 Å². The molecule has 0 spiro atoms. The van der Waals surface area contributed by atoms with E-state index in [2.05, 4.69) is 46.6 Å². The second-order valence-electron chi connectivity index (χ2n) is 8.88. The van der Waals surface area contributed by atoms with Crippen molar-refractivity contribution in [2.75, 3.05) is 5.32 Å². The summed E-state index contributed by atoms with van der Waals surface area (Å²) >= 11 is 0. The number of aromatic nitrogens is 3. The predicted molar refractivity (Wildman–Crippen MR) is 135 cm³/mol. The number of hydrogen-bond acceptors (Lipinski definition) is 5. The summed E-state index contributed by atoms with van der Waals surface area (Å²) in [7, 11) is 1.99. The molecule has 0 saturated heterocycles. The minimum atomic E-state index is 0.209. The van der Waals surface area contributed by atoms with Crippen molar-refractivity contribution in [3.63, 3.8) is 0 Å². The van der Waals surface area contributed by atoms with Crippen molar-refractivity contribution in [3.8, 4) is 17.0 Å². The zero-order chi connectivity index (χ0) is 22.8. The maximum Gasteiger partial charge on any atom is 0.151 e. The molecule has 0 amide bonds. The summed E-state index contributed by atoms with van der Waals surface area (Å²) in [5.41, 5.74) is 6.70. The molecular weight excluding hydrogens is 409 g/mol. The van der Waals surface area contributed by atoms with Gasteiger partial charge >= 0.3 is 0 Å². The monoisotopic (exact) mass is 437 g/mol. The molecule has 6 nitrogen and oxygen atoms in total. The summed E-state index contributed by atoms with van der Waals surface area (Å²) in [5, 5.41) is 21.8. The Morgan fingerprint density at radius 1 is 1.09 bits per heavy atom. The first kappa shape index (κ1) is 21.1. The molecule has 3 N–H and O–H groups in total. The van der Waals surface area contributed by atoms with E-state index in [0.29, 0.717) is 17.8 Å². The van der Waals surface area contributed by atoms with E-state index >= 15 is 0 Å². The molecule has 0 atom stereocenters. The van der Waals surface area contributed by atoms with E-state index in [-0.39, 0.29) is 5.75 Å². The molecule has 2 aromatic heterocycles. The fourth-order valence-electron chi connectivity index (χ4n) is 4.04. The van der Waals surface area contributed by atoms with E-state index in [9.17, 15) is 5.11 Å². The Hall–Kier alpha value is -3.74. The average molecular weight is 437 g/mol. The van der Waals surface area contributed by atoms with Gasteiger partial charge < -0.3 is 15.7 Å². The molecule has 1 aliphatic rings. The van der Waals surface area contributed by atoms with Crippen LogP contribution in [0.5, 0.6) is 5.75 Å². The van der Waals surface area contributed by atoms with E-state index in [4.69, 9.17) is 4.98 Å². The first-order chi connectivity index (χ1) is 16.1. The van der Waals surface area contributed by atoms with E-state index in [1.54, 1.807) is 6.07 Å². The van der Waals surface area contributed by atoms with E-state index in [1.165, 1.54) is 24.0 Å². The highest BCUT2D eigenvalue weighted by Crippen LogP contribution is 2.34. The van der Waals surface area contributed by atoms with Crippen molar-refractivity contribution in [1.29, 1.82) is 0 Å². The van der Waals surface area contributed by atoms with Crippen molar-refractivity contribution in [2.24, 2.45) is 5.92 Å². The van der Waals surface area contributed by atoms with E-state index in [1.807, 2.05) is 42.8 Å². The molecule has 1 aliphatic carbocycles. The third-order valence-corrected chi connectivity index (χ3v) is 6.07. The number of allylic oxidation sites excluding steroid dienone is 1. The Kier molecular flexibility index (Phi) is 5.77. The number of anilines is 1. The SMILES string of the molecule is Bc1cnn2c(NCc3cccc(CNC(=C)CC4CC4)c3)cc(-c3ccccc3O)nc12. The second kappa shape index (κ2) is 9.02. The maximum atomic E-state index is 10.3. The molecule has 0 aliphatic heterocycles. The molecule has 4 aromatic rings. The molecule has 1 saturated carbocycles. The van der Waals surface area contributed by atoms with Crippen molar-refractivity contribution in [1.82, 2.24) is 19.9 Å². The summed E-state index contributed by atoms with van der Waals surface area (Å²) in [6.45, 7) is 5.60. The third-order valence-electron chi connectivity index (χ3n) is 6.07. The standard InChI is InChI=1S/C26H28BN5O/c1-17(11-18-9-10-18)28-14-19-5-4-6-20(12-19)15-29-25-13-23(21-7-2-3-8-24(21)33)31-26-22(27)16-30-32(25)26/h2-8,12-13,16,18,28-29,33H,1,9-11,14-15,27H2. The predicted octanol–water partition coefficient (Wildman–Crippen LogP) is 3.38. The molecule has 166 valence electrons. The molecule has 1 fully saturated rings. The molecule has 0 unspecified atom stereocenters. The van der Waals surface area contributed by atoms with E-state index < -0.39 is 0 Å². The van der Waals surface area contributed by atoms with Gasteiger partial charge in [0, 0.05) is 36.6 Å². The van der Waals surface area contributed by atoms with Crippen molar-refractivity contribution >= 4 is 24.8 Å². The van der Waals surface area contributed by atoms with Crippen LogP contribution in [-0.4, -0.2) is 27.6 Å². The molecule has 2 heterocycles. The Morgan fingerprint density at radius 3 is 2.67 bits per heavy atom. The van der Waals surface area contributed by atoms with Gasteiger partial charge in [0.15, 0.2) is 5.65 Å². The van der Waals surface area contributed by atoms with Crippen molar-refractivity contribution in [3.05, 3.63) is 84.2 Å². The van der Waals surface area contributed by atoms with Crippen LogP contribution in [0.3, 0.4) is 0 Å². The van der Waals surface area contributed by atoms with Crippen LogP contribution in [0.25, 0.3) is 16.9 Å². The molecule has 33 heavy (non-hydrogen) atoms. The van der Waals surface area contributed by atoms with Crippen molar-refractivity contribution in [2.45, 2.75) is 32.4 Å². The highest BCUT2D eigenvalue weighted by molar-refractivity contribution is 6.36. The summed E-state index contributed by atoms with van der Waals surface area (Å²) in [6.07, 6.45) is 5.57. The van der Waals surface area contributed by atoms with Crippen LogP contribution in [0.2, 0.25) is 0 Å². The molecule has 7 heteroatoms. The van der Waals surface area contributed by atoms with Crippen LogP contribution in [0.15, 0.2) is 73.1 Å². The zero-order valence-electron chi connectivity index (χ0n) is 18.9. The number of nitrogens with one attached hydrogen (secondary N) is 2. The van der Waals surface area contributed by atoms with Gasteiger partial charge in [-0.1, -0.05) is 43.0 Å². The van der Waals surface area contributed by atoms with Gasteiger partial charge in [-0.05, 0) is 53.9 Å². The Balaban J connectivity index is 1.34. The highest BCUT2D eigenvalue weighted by Gasteiger charge is 2.21. The Bertz CT molecular complexity index is 1310. The van der Waals surface area contributed by atoms with Crippen LogP contribution in [0, 0.1) is 5.92 Å². The van der Waals surface area contributed by atoms with Gasteiger partial charge in [-0.15, -0.1) is 0 Å². The smallest absolute Gasteiger partial charge is 0.151 e. The number of phenols is 1. The lowest BCUT2D eigenvalue weighted by molar-refractivity contribution is 0.477. The van der Waals surface area contributed by atoms with Gasteiger partial charge in [0.1, 0.15) is 19.4 Å². The molecule has 0 bridgehead atoms. The minimum Gasteiger partial charge on any atom is -0.507 e. The Morgan fingerprint density at radius 2 is 1.88 bits per heavy atom. The lowest BCUT2D eigenvalue weighted by Gasteiger charge is -2.13. The average Bonchev–Trinajstić information content (AvgIpc) is 3.56. The van der Waals surface area contributed by atoms with Gasteiger partial charge in [-0.2, -0.15) is 9.61 Å². The molecular formula is C26H28BN5O. The first-order valence-corrected chi connectivity index (χ1v) is 11.4. The van der Waals surface area contributed by atoms with E-state index in [0.717, 1.165) is 41.5 Å². The lowest BCUT2D eigenvalue weighted by Crippen LogP contribution is -2.13. The zero-order valence-corrected chi connectivity index (χ0v) is 18.9. The summed E-state index contributed by atoms with van der Waals surface area (Å²) in [4.78, 5) is 4.75. The van der Waals surface area contributed by atoms with Gasteiger partial charge in [0.05, 0.1) is 5.69 Å². The number of aromatic hydroxyl groups is 1. The number of benzene rings is 2. The van der Waals surface area contributed by atoms with Gasteiger partial charge in [-0.3, -0.25) is 0 Å². The number of fused-ring (bicyclic) bond motifs is 1. The van der Waals surface area contributed by atoms with Gasteiger partial charge in [-0.25, -0.2) is 4.98 Å². The summed E-state index contributed by atoms with van der Waals surface area (Å²) in [6, 6.07) is 17.7. The lowest BCUT2D eigenvalue weighted by atomic mass is 10.0. The summed E-state index contributed by atoms with van der Waals surface area (Å²) in [5.74, 6) is 1.87. The van der Waals surface area contributed by atoms with Crippen LogP contribution >= 0.6 is 0 Å². The fraction of sp³-hybridized carbons (Fsp3) is 0.231. The minimum absolute atomic E-state index is 0.209. The number of phenolic OH excluding ortho intramolecular Hbond substituents is 1.